The van der Waals surface area contributed by atoms with Crippen molar-refractivity contribution in [1.82, 2.24) is 20.2 Å². The van der Waals surface area contributed by atoms with Gasteiger partial charge < -0.3 is 0 Å². The van der Waals surface area contributed by atoms with Crippen LogP contribution in [0.1, 0.15) is 23.7 Å². The smallest absolute Gasteiger partial charge is 0.258 e. The van der Waals surface area contributed by atoms with E-state index < -0.39 is 0 Å². The van der Waals surface area contributed by atoms with Crippen LogP contribution in [0.2, 0.25) is 0 Å². The number of carbonyl (C=O) groups is 1. The summed E-state index contributed by atoms with van der Waals surface area (Å²) in [6, 6.07) is 11.4. The van der Waals surface area contributed by atoms with Crippen molar-refractivity contribution in [3.05, 3.63) is 46.4 Å². The summed E-state index contributed by atoms with van der Waals surface area (Å²) in [7, 11) is 0. The summed E-state index contributed by atoms with van der Waals surface area (Å²) < 4.78 is 2.54. The Morgan fingerprint density at radius 1 is 1.23 bits per heavy atom. The number of benzene rings is 2. The van der Waals surface area contributed by atoms with Gasteiger partial charge in [-0.25, -0.2) is 4.68 Å². The van der Waals surface area contributed by atoms with Crippen LogP contribution in [0, 0.1) is 0 Å². The summed E-state index contributed by atoms with van der Waals surface area (Å²) in [6.45, 7) is 2.68. The molecule has 0 radical (unpaired) electrons. The number of carbonyl (C=O) groups excluding carboxylic acids is 1. The quantitative estimate of drug-likeness (QED) is 0.775. The van der Waals surface area contributed by atoms with E-state index in [1.54, 1.807) is 10.7 Å². The van der Waals surface area contributed by atoms with Crippen LogP contribution in [-0.2, 0) is 6.54 Å². The van der Waals surface area contributed by atoms with Crippen LogP contribution in [0.25, 0.3) is 10.8 Å². The van der Waals surface area contributed by atoms with Gasteiger partial charge in [0, 0.05) is 16.6 Å². The van der Waals surface area contributed by atoms with E-state index in [0.29, 0.717) is 18.1 Å². The third kappa shape index (κ3) is 2.71. The number of aromatic nitrogens is 4. The first-order valence-corrected chi connectivity index (χ1v) is 7.74. The van der Waals surface area contributed by atoms with E-state index in [1.807, 2.05) is 37.3 Å². The van der Waals surface area contributed by atoms with Crippen molar-refractivity contribution in [3.8, 4) is 0 Å². The topological polar surface area (TPSA) is 72.7 Å². The minimum atomic E-state index is -0.226. The maximum Gasteiger partial charge on any atom is 0.258 e. The molecule has 0 saturated heterocycles. The Balaban J connectivity index is 1.96. The van der Waals surface area contributed by atoms with Gasteiger partial charge in [0.05, 0.1) is 0 Å². The Morgan fingerprint density at radius 3 is 2.82 bits per heavy atom. The molecule has 0 saturated carbocycles. The lowest BCUT2D eigenvalue weighted by atomic mass is 10.0. The predicted molar refractivity (Wildman–Crippen MR) is 87.7 cm³/mol. The molecule has 1 amide bonds. The van der Waals surface area contributed by atoms with E-state index in [0.717, 1.165) is 21.7 Å². The normalized spacial score (nSPS) is 10.8. The van der Waals surface area contributed by atoms with Gasteiger partial charge in [-0.15, -0.1) is 0 Å². The van der Waals surface area contributed by atoms with Crippen LogP contribution in [-0.4, -0.2) is 26.1 Å². The maximum absolute atomic E-state index is 12.6. The Morgan fingerprint density at radius 2 is 2.00 bits per heavy atom. The first-order chi connectivity index (χ1) is 10.7. The van der Waals surface area contributed by atoms with E-state index >= 15 is 0 Å². The molecule has 1 N–H and O–H groups in total. The van der Waals surface area contributed by atoms with Crippen LogP contribution in [0.4, 0.5) is 5.95 Å². The second kappa shape index (κ2) is 6.23. The van der Waals surface area contributed by atoms with Gasteiger partial charge >= 0.3 is 0 Å². The zero-order valence-electron chi connectivity index (χ0n) is 12.0. The molecule has 2 aromatic carbocycles. The highest BCUT2D eigenvalue weighted by Gasteiger charge is 2.14. The van der Waals surface area contributed by atoms with Gasteiger partial charge in [0.2, 0.25) is 5.95 Å². The van der Waals surface area contributed by atoms with Crippen LogP contribution in [0.5, 0.6) is 0 Å². The molecular weight excluding hydrogens is 346 g/mol. The molecular formula is C15H14BrN5O. The number of nitrogens with zero attached hydrogens (tertiary/aromatic N) is 4. The number of hydrogen-bond acceptors (Lipinski definition) is 4. The van der Waals surface area contributed by atoms with Crippen molar-refractivity contribution in [2.24, 2.45) is 0 Å². The zero-order valence-corrected chi connectivity index (χ0v) is 13.5. The number of tetrazole rings is 1. The van der Waals surface area contributed by atoms with Crippen LogP contribution >= 0.6 is 15.9 Å². The molecule has 1 heterocycles. The van der Waals surface area contributed by atoms with Gasteiger partial charge in [-0.1, -0.05) is 52.2 Å². The van der Waals surface area contributed by atoms with Gasteiger partial charge in [0.1, 0.15) is 0 Å². The molecule has 0 bridgehead atoms. The molecule has 0 spiro atoms. The molecule has 7 heteroatoms. The Labute approximate surface area is 135 Å². The number of fused-ring (bicyclic) bond motifs is 1. The lowest BCUT2D eigenvalue weighted by molar-refractivity contribution is 0.102. The Kier molecular flexibility index (Phi) is 4.15. The molecule has 0 fully saturated rings. The van der Waals surface area contributed by atoms with E-state index in [2.05, 4.69) is 36.8 Å². The van der Waals surface area contributed by atoms with Gasteiger partial charge in [0.15, 0.2) is 0 Å². The Hall–Kier alpha value is -2.28. The molecule has 0 unspecified atom stereocenters. The number of anilines is 1. The van der Waals surface area contributed by atoms with Crippen LogP contribution < -0.4 is 5.32 Å². The van der Waals surface area contributed by atoms with Crippen LogP contribution in [0.3, 0.4) is 0 Å². The van der Waals surface area contributed by atoms with Crippen molar-refractivity contribution in [2.45, 2.75) is 19.9 Å². The van der Waals surface area contributed by atoms with E-state index in [4.69, 9.17) is 0 Å². The van der Waals surface area contributed by atoms with E-state index in [9.17, 15) is 4.79 Å². The molecule has 0 aliphatic carbocycles. The standard InChI is InChI=1S/C15H14BrN5O/c1-2-9-21-15(18-19-20-21)17-14(22)12-7-3-6-11-10(12)5-4-8-13(11)16/h3-8H,2,9H2,1H3,(H,17,18,20,22). The number of aryl methyl sites for hydroxylation is 1. The summed E-state index contributed by atoms with van der Waals surface area (Å²) in [5, 5.41) is 16.0. The lowest BCUT2D eigenvalue weighted by Crippen LogP contribution is -2.17. The maximum atomic E-state index is 12.6. The predicted octanol–water partition coefficient (Wildman–Crippen LogP) is 3.25. The summed E-state index contributed by atoms with van der Waals surface area (Å²) in [4.78, 5) is 12.6. The van der Waals surface area contributed by atoms with Gasteiger partial charge in [-0.05, 0) is 39.8 Å². The van der Waals surface area contributed by atoms with Crippen molar-refractivity contribution in [3.63, 3.8) is 0 Å². The highest BCUT2D eigenvalue weighted by atomic mass is 79.9. The molecule has 22 heavy (non-hydrogen) atoms. The third-order valence-corrected chi connectivity index (χ3v) is 4.00. The summed E-state index contributed by atoms with van der Waals surface area (Å²) in [5.74, 6) is 0.134. The number of hydrogen-bond donors (Lipinski definition) is 1. The van der Waals surface area contributed by atoms with Crippen molar-refractivity contribution in [1.29, 1.82) is 0 Å². The molecule has 3 rings (SSSR count). The second-order valence-electron chi connectivity index (χ2n) is 4.82. The number of amides is 1. The minimum Gasteiger partial charge on any atom is -0.289 e. The van der Waals surface area contributed by atoms with E-state index in [-0.39, 0.29) is 5.91 Å². The summed E-state index contributed by atoms with van der Waals surface area (Å²) in [6.07, 6.45) is 0.884. The molecule has 3 aromatic rings. The van der Waals surface area contributed by atoms with Crippen molar-refractivity contribution in [2.75, 3.05) is 5.32 Å². The second-order valence-corrected chi connectivity index (χ2v) is 5.67. The first kappa shape index (κ1) is 14.6. The third-order valence-electron chi connectivity index (χ3n) is 3.31. The average molecular weight is 360 g/mol. The summed E-state index contributed by atoms with van der Waals surface area (Å²) in [5.41, 5.74) is 0.588. The van der Waals surface area contributed by atoms with Crippen molar-refractivity contribution >= 4 is 38.6 Å². The van der Waals surface area contributed by atoms with E-state index in [1.165, 1.54) is 0 Å². The van der Waals surface area contributed by atoms with Gasteiger partial charge in [0.25, 0.3) is 5.91 Å². The minimum absolute atomic E-state index is 0.226. The molecule has 0 aliphatic rings. The average Bonchev–Trinajstić information content (AvgIpc) is 2.95. The summed E-state index contributed by atoms with van der Waals surface area (Å²) >= 11 is 3.50. The SMILES string of the molecule is CCCn1nnnc1NC(=O)c1cccc2c(Br)cccc12. The molecule has 0 atom stereocenters. The number of rotatable bonds is 4. The molecule has 6 nitrogen and oxygen atoms in total. The fraction of sp³-hybridized carbons (Fsp3) is 0.200. The van der Waals surface area contributed by atoms with Gasteiger partial charge in [-0.3, -0.25) is 10.1 Å². The molecule has 112 valence electrons. The molecule has 1 aromatic heterocycles. The fourth-order valence-electron chi connectivity index (χ4n) is 2.30. The van der Waals surface area contributed by atoms with Crippen LogP contribution in [0.15, 0.2) is 40.9 Å². The largest absolute Gasteiger partial charge is 0.289 e. The highest BCUT2D eigenvalue weighted by molar-refractivity contribution is 9.10. The number of nitrogens with one attached hydrogen (secondary N) is 1. The van der Waals surface area contributed by atoms with Crippen molar-refractivity contribution < 1.29 is 4.79 Å². The first-order valence-electron chi connectivity index (χ1n) is 6.95. The molecule has 0 aliphatic heterocycles. The number of halogens is 1. The zero-order chi connectivity index (χ0) is 15.5. The van der Waals surface area contributed by atoms with Gasteiger partial charge in [-0.2, -0.15) is 0 Å². The Bertz CT molecular complexity index is 830. The monoisotopic (exact) mass is 359 g/mol. The highest BCUT2D eigenvalue weighted by Crippen LogP contribution is 2.26. The fourth-order valence-corrected chi connectivity index (χ4v) is 2.79. The lowest BCUT2D eigenvalue weighted by Gasteiger charge is -2.08.